The lowest BCUT2D eigenvalue weighted by molar-refractivity contribution is 0.332. The second-order valence-corrected chi connectivity index (χ2v) is 7.66. The molecule has 25 heavy (non-hydrogen) atoms. The van der Waals surface area contributed by atoms with Crippen molar-refractivity contribution in [3.63, 3.8) is 0 Å². The number of halogens is 2. The third-order valence-electron chi connectivity index (χ3n) is 5.70. The fourth-order valence-corrected chi connectivity index (χ4v) is 4.17. The van der Waals surface area contributed by atoms with E-state index in [4.69, 9.17) is 4.74 Å². The first-order valence-corrected chi connectivity index (χ1v) is 9.03. The summed E-state index contributed by atoms with van der Waals surface area (Å²) in [4.78, 5) is 0. The summed E-state index contributed by atoms with van der Waals surface area (Å²) in [7, 11) is 1.55. The second-order valence-electron chi connectivity index (χ2n) is 7.66. The summed E-state index contributed by atoms with van der Waals surface area (Å²) in [6.07, 6.45) is 3.97. The lowest BCUT2D eigenvalue weighted by Gasteiger charge is -2.30. The highest BCUT2D eigenvalue weighted by Gasteiger charge is 2.37. The summed E-state index contributed by atoms with van der Waals surface area (Å²) >= 11 is 0. The molecule has 2 aromatic rings. The average Bonchev–Trinajstić information content (AvgIpc) is 2.94. The van der Waals surface area contributed by atoms with Crippen LogP contribution in [0.1, 0.15) is 57.1 Å². The predicted molar refractivity (Wildman–Crippen MR) is 98.1 cm³/mol. The van der Waals surface area contributed by atoms with Gasteiger partial charge < -0.3 is 4.74 Å². The van der Waals surface area contributed by atoms with Crippen LogP contribution in [0.2, 0.25) is 0 Å². The summed E-state index contributed by atoms with van der Waals surface area (Å²) in [5, 5.41) is 0. The van der Waals surface area contributed by atoms with Crippen LogP contribution < -0.4 is 4.74 Å². The molecular formula is C22H26F2O. The Balaban J connectivity index is 2.24. The third kappa shape index (κ3) is 3.29. The predicted octanol–water partition coefficient (Wildman–Crippen LogP) is 6.50. The fourth-order valence-electron chi connectivity index (χ4n) is 4.17. The lowest BCUT2D eigenvalue weighted by atomic mass is 9.75. The molecule has 0 aliphatic heterocycles. The molecule has 0 amide bonds. The summed E-state index contributed by atoms with van der Waals surface area (Å²) in [5.74, 6) is 0.271. The number of rotatable bonds is 4. The van der Waals surface area contributed by atoms with Crippen LogP contribution in [-0.2, 0) is 6.42 Å². The van der Waals surface area contributed by atoms with Crippen molar-refractivity contribution in [1.29, 1.82) is 0 Å². The van der Waals surface area contributed by atoms with Crippen molar-refractivity contribution in [3.05, 3.63) is 53.1 Å². The first-order valence-electron chi connectivity index (χ1n) is 9.03. The maximum absolute atomic E-state index is 14.6. The van der Waals surface area contributed by atoms with E-state index >= 15 is 0 Å². The molecule has 3 rings (SSSR count). The van der Waals surface area contributed by atoms with Gasteiger partial charge in [0, 0.05) is 5.56 Å². The van der Waals surface area contributed by atoms with Crippen molar-refractivity contribution < 1.29 is 13.5 Å². The fraction of sp³-hybridized carbons (Fsp3) is 0.455. The maximum atomic E-state index is 14.6. The molecule has 1 fully saturated rings. The quantitative estimate of drug-likeness (QED) is 0.615. The molecule has 0 N–H and O–H groups in total. The second kappa shape index (κ2) is 6.78. The zero-order valence-electron chi connectivity index (χ0n) is 15.5. The molecule has 0 heterocycles. The Morgan fingerprint density at radius 2 is 1.84 bits per heavy atom. The van der Waals surface area contributed by atoms with Crippen LogP contribution in [0.3, 0.4) is 0 Å². The van der Waals surface area contributed by atoms with E-state index < -0.39 is 0 Å². The Labute approximate surface area is 149 Å². The van der Waals surface area contributed by atoms with Crippen molar-refractivity contribution in [2.24, 2.45) is 5.41 Å². The molecule has 1 aliphatic rings. The average molecular weight is 344 g/mol. The van der Waals surface area contributed by atoms with Gasteiger partial charge in [0.25, 0.3) is 0 Å². The molecule has 1 aliphatic carbocycles. The summed E-state index contributed by atoms with van der Waals surface area (Å²) < 4.78 is 34.4. The maximum Gasteiger partial charge on any atom is 0.131 e. The molecule has 0 bridgehead atoms. The molecular weight excluding hydrogens is 318 g/mol. The molecule has 0 radical (unpaired) electrons. The van der Waals surface area contributed by atoms with Crippen LogP contribution in [0.25, 0.3) is 11.1 Å². The van der Waals surface area contributed by atoms with Crippen LogP contribution in [0.5, 0.6) is 5.75 Å². The number of benzene rings is 2. The molecule has 0 saturated heterocycles. The monoisotopic (exact) mass is 344 g/mol. The smallest absolute Gasteiger partial charge is 0.131 e. The van der Waals surface area contributed by atoms with Crippen molar-refractivity contribution in [2.45, 2.75) is 52.4 Å². The molecule has 3 heteroatoms. The van der Waals surface area contributed by atoms with Gasteiger partial charge in [-0.05, 0) is 71.6 Å². The first kappa shape index (κ1) is 17.9. The summed E-state index contributed by atoms with van der Waals surface area (Å²) in [6, 6.07) is 8.13. The van der Waals surface area contributed by atoms with Crippen molar-refractivity contribution in [3.8, 4) is 16.9 Å². The van der Waals surface area contributed by atoms with E-state index in [1.165, 1.54) is 12.1 Å². The Kier molecular flexibility index (Phi) is 4.86. The van der Waals surface area contributed by atoms with Crippen LogP contribution in [0.15, 0.2) is 30.3 Å². The van der Waals surface area contributed by atoms with E-state index in [0.717, 1.165) is 24.8 Å². The Bertz CT molecular complexity index is 780. The molecule has 1 atom stereocenters. The van der Waals surface area contributed by atoms with E-state index in [9.17, 15) is 8.78 Å². The molecule has 1 unspecified atom stereocenters. The van der Waals surface area contributed by atoms with Crippen molar-refractivity contribution >= 4 is 0 Å². The molecule has 134 valence electrons. The number of aryl methyl sites for hydroxylation is 1. The van der Waals surface area contributed by atoms with E-state index in [0.29, 0.717) is 34.8 Å². The summed E-state index contributed by atoms with van der Waals surface area (Å²) in [5.41, 5.74) is 2.97. The molecule has 0 aromatic heterocycles. The van der Waals surface area contributed by atoms with Gasteiger partial charge in [-0.1, -0.05) is 33.3 Å². The van der Waals surface area contributed by atoms with Crippen molar-refractivity contribution in [1.82, 2.24) is 0 Å². The molecule has 0 spiro atoms. The highest BCUT2D eigenvalue weighted by molar-refractivity contribution is 5.71. The SMILES string of the molecule is CCc1cc(C2CCCC2(C)C)c(-c2cc(OC)ccc2F)cc1F. The number of ether oxygens (including phenoxy) is 1. The van der Waals surface area contributed by atoms with E-state index in [1.807, 2.05) is 13.0 Å². The highest BCUT2D eigenvalue weighted by atomic mass is 19.1. The number of hydrogen-bond donors (Lipinski definition) is 0. The van der Waals surface area contributed by atoms with Gasteiger partial charge in [-0.2, -0.15) is 0 Å². The van der Waals surface area contributed by atoms with Gasteiger partial charge >= 0.3 is 0 Å². The van der Waals surface area contributed by atoms with Gasteiger partial charge in [-0.25, -0.2) is 8.78 Å². The topological polar surface area (TPSA) is 9.23 Å². The van der Waals surface area contributed by atoms with Gasteiger partial charge in [0.15, 0.2) is 0 Å². The zero-order valence-corrected chi connectivity index (χ0v) is 15.5. The molecule has 1 saturated carbocycles. The largest absolute Gasteiger partial charge is 0.497 e. The number of methoxy groups -OCH3 is 1. The van der Waals surface area contributed by atoms with Gasteiger partial charge in [-0.15, -0.1) is 0 Å². The van der Waals surface area contributed by atoms with Gasteiger partial charge in [0.05, 0.1) is 7.11 Å². The van der Waals surface area contributed by atoms with Gasteiger partial charge in [0.1, 0.15) is 17.4 Å². The van der Waals surface area contributed by atoms with E-state index in [-0.39, 0.29) is 17.0 Å². The van der Waals surface area contributed by atoms with Crippen LogP contribution in [0.4, 0.5) is 8.78 Å². The molecule has 2 aromatic carbocycles. The minimum atomic E-state index is -0.346. The van der Waals surface area contributed by atoms with Gasteiger partial charge in [0.2, 0.25) is 0 Å². The first-order chi connectivity index (χ1) is 11.9. The van der Waals surface area contributed by atoms with E-state index in [1.54, 1.807) is 19.2 Å². The standard InChI is InChI=1S/C22H26F2O/c1-5-14-11-17(19-7-6-10-22(19,2)3)16(13-21(14)24)18-12-15(25-4)8-9-20(18)23/h8-9,11-13,19H,5-7,10H2,1-4H3. The minimum absolute atomic E-state index is 0.132. The minimum Gasteiger partial charge on any atom is -0.497 e. The Hall–Kier alpha value is -1.90. The Morgan fingerprint density at radius 3 is 2.44 bits per heavy atom. The van der Waals surface area contributed by atoms with Crippen LogP contribution in [-0.4, -0.2) is 7.11 Å². The normalized spacial score (nSPS) is 19.2. The molecule has 1 nitrogen and oxygen atoms in total. The van der Waals surface area contributed by atoms with Crippen LogP contribution >= 0.6 is 0 Å². The third-order valence-corrected chi connectivity index (χ3v) is 5.70. The van der Waals surface area contributed by atoms with Crippen LogP contribution in [0, 0.1) is 17.0 Å². The van der Waals surface area contributed by atoms with E-state index in [2.05, 4.69) is 13.8 Å². The Morgan fingerprint density at radius 1 is 1.08 bits per heavy atom. The highest BCUT2D eigenvalue weighted by Crippen LogP contribution is 2.51. The summed E-state index contributed by atoms with van der Waals surface area (Å²) in [6.45, 7) is 6.46. The van der Waals surface area contributed by atoms with Gasteiger partial charge in [-0.3, -0.25) is 0 Å². The van der Waals surface area contributed by atoms with Crippen molar-refractivity contribution in [2.75, 3.05) is 7.11 Å². The zero-order chi connectivity index (χ0) is 18.2. The lowest BCUT2D eigenvalue weighted by Crippen LogP contribution is -2.17. The number of hydrogen-bond acceptors (Lipinski definition) is 1.